The van der Waals surface area contributed by atoms with Crippen molar-refractivity contribution in [2.45, 2.75) is 13.3 Å². The van der Waals surface area contributed by atoms with E-state index in [1.165, 1.54) is 15.6 Å². The first-order valence-corrected chi connectivity index (χ1v) is 12.1. The molecule has 0 bridgehead atoms. The Balaban J connectivity index is 1.67. The van der Waals surface area contributed by atoms with Crippen molar-refractivity contribution in [3.05, 3.63) is 70.6 Å². The molecule has 7 nitrogen and oxygen atoms in total. The van der Waals surface area contributed by atoms with Crippen LogP contribution in [0.15, 0.2) is 54.6 Å². The molecule has 2 heterocycles. The molecule has 1 aliphatic rings. The van der Waals surface area contributed by atoms with Crippen LogP contribution in [0.4, 0.5) is 10.7 Å². The van der Waals surface area contributed by atoms with Gasteiger partial charge in [0.25, 0.3) is 11.8 Å². The Bertz CT molecular complexity index is 1270. The molecule has 0 unspecified atom stereocenters. The number of carbonyl (C=O) groups is 2. The number of benzene rings is 2. The van der Waals surface area contributed by atoms with E-state index in [1.54, 1.807) is 24.3 Å². The highest BCUT2D eigenvalue weighted by atomic mass is 32.2. The van der Waals surface area contributed by atoms with Crippen molar-refractivity contribution in [3.8, 4) is 11.1 Å². The van der Waals surface area contributed by atoms with Gasteiger partial charge in [-0.05, 0) is 37.1 Å². The lowest BCUT2D eigenvalue weighted by molar-refractivity contribution is 0.100. The van der Waals surface area contributed by atoms with E-state index in [4.69, 9.17) is 5.73 Å². The van der Waals surface area contributed by atoms with Gasteiger partial charge in [0.05, 0.1) is 17.0 Å². The largest absolute Gasteiger partial charge is 0.365 e. The number of hydrogen-bond donors (Lipinski definition) is 2. The third-order valence-corrected chi connectivity index (χ3v) is 8.01. The second-order valence-electron chi connectivity index (χ2n) is 7.21. The van der Waals surface area contributed by atoms with Crippen molar-refractivity contribution in [2.24, 2.45) is 5.73 Å². The maximum Gasteiger partial charge on any atom is 0.256 e. The Labute approximate surface area is 184 Å². The molecule has 0 saturated carbocycles. The minimum Gasteiger partial charge on any atom is -0.365 e. The van der Waals surface area contributed by atoms with Gasteiger partial charge < -0.3 is 11.1 Å². The summed E-state index contributed by atoms with van der Waals surface area (Å²) >= 11 is 1.28. The van der Waals surface area contributed by atoms with E-state index in [1.807, 2.05) is 37.3 Å². The van der Waals surface area contributed by atoms with Gasteiger partial charge >= 0.3 is 0 Å². The SMILES string of the molecule is Cc1sc(NC(=O)c2cccc(N3CCCS3(=O)=O)c2)c(C(N)=O)c1-c1ccccc1. The Kier molecular flexibility index (Phi) is 5.55. The van der Waals surface area contributed by atoms with E-state index >= 15 is 0 Å². The number of amides is 2. The maximum atomic E-state index is 12.9. The van der Waals surface area contributed by atoms with Crippen LogP contribution in [0, 0.1) is 6.92 Å². The fourth-order valence-electron chi connectivity index (χ4n) is 3.73. The van der Waals surface area contributed by atoms with Crippen molar-refractivity contribution >= 4 is 43.9 Å². The standard InChI is InChI=1S/C22H21N3O4S2/c1-14-18(15-7-3-2-4-8-15)19(20(23)26)22(30-14)24-21(27)16-9-5-10-17(13-16)25-11-6-12-31(25,28)29/h2-5,7-10,13H,6,11-12H2,1H3,(H2,23,26)(H,24,27). The number of aryl methyl sites for hydroxylation is 1. The van der Waals surface area contributed by atoms with Gasteiger partial charge in [0, 0.05) is 22.5 Å². The molecule has 4 rings (SSSR count). The lowest BCUT2D eigenvalue weighted by Gasteiger charge is -2.17. The van der Waals surface area contributed by atoms with Gasteiger partial charge in [-0.1, -0.05) is 36.4 Å². The highest BCUT2D eigenvalue weighted by Gasteiger charge is 2.29. The average molecular weight is 456 g/mol. The first-order valence-electron chi connectivity index (χ1n) is 9.68. The van der Waals surface area contributed by atoms with E-state index < -0.39 is 21.8 Å². The molecule has 0 radical (unpaired) electrons. The Morgan fingerprint density at radius 2 is 1.84 bits per heavy atom. The van der Waals surface area contributed by atoms with Gasteiger partial charge in [-0.3, -0.25) is 13.9 Å². The number of nitrogens with zero attached hydrogens (tertiary/aromatic N) is 1. The molecule has 2 amide bonds. The molecule has 0 aliphatic carbocycles. The van der Waals surface area contributed by atoms with E-state index in [0.717, 1.165) is 10.4 Å². The second kappa shape index (κ2) is 8.16. The van der Waals surface area contributed by atoms with Gasteiger partial charge in [0.2, 0.25) is 10.0 Å². The van der Waals surface area contributed by atoms with Crippen molar-refractivity contribution in [2.75, 3.05) is 21.9 Å². The van der Waals surface area contributed by atoms with Crippen LogP contribution < -0.4 is 15.4 Å². The van der Waals surface area contributed by atoms with E-state index in [9.17, 15) is 18.0 Å². The molecular formula is C22H21N3O4S2. The van der Waals surface area contributed by atoms with Crippen molar-refractivity contribution in [3.63, 3.8) is 0 Å². The molecule has 1 aliphatic heterocycles. The highest BCUT2D eigenvalue weighted by molar-refractivity contribution is 7.93. The molecule has 160 valence electrons. The molecule has 1 saturated heterocycles. The fourth-order valence-corrected chi connectivity index (χ4v) is 6.36. The number of nitrogens with one attached hydrogen (secondary N) is 1. The average Bonchev–Trinajstić information content (AvgIpc) is 3.26. The van der Waals surface area contributed by atoms with Crippen LogP contribution in [0.2, 0.25) is 0 Å². The number of primary amides is 1. The summed E-state index contributed by atoms with van der Waals surface area (Å²) in [6.45, 7) is 2.26. The summed E-state index contributed by atoms with van der Waals surface area (Å²) in [7, 11) is -3.35. The number of nitrogens with two attached hydrogens (primary N) is 1. The molecule has 1 fully saturated rings. The third kappa shape index (κ3) is 4.06. The van der Waals surface area contributed by atoms with Crippen molar-refractivity contribution in [1.82, 2.24) is 0 Å². The Morgan fingerprint density at radius 1 is 1.10 bits per heavy atom. The van der Waals surface area contributed by atoms with Crippen LogP contribution in [0.1, 0.15) is 32.0 Å². The van der Waals surface area contributed by atoms with Crippen LogP contribution in [0.3, 0.4) is 0 Å². The highest BCUT2D eigenvalue weighted by Crippen LogP contribution is 2.39. The predicted molar refractivity (Wildman–Crippen MR) is 123 cm³/mol. The zero-order valence-corrected chi connectivity index (χ0v) is 18.4. The zero-order valence-electron chi connectivity index (χ0n) is 16.8. The number of anilines is 2. The van der Waals surface area contributed by atoms with E-state index in [-0.39, 0.29) is 11.3 Å². The summed E-state index contributed by atoms with van der Waals surface area (Å²) < 4.78 is 25.7. The number of rotatable bonds is 5. The summed E-state index contributed by atoms with van der Waals surface area (Å²) in [5, 5.41) is 3.16. The summed E-state index contributed by atoms with van der Waals surface area (Å²) in [5.74, 6) is -0.973. The lowest BCUT2D eigenvalue weighted by Crippen LogP contribution is -2.25. The van der Waals surface area contributed by atoms with Crippen molar-refractivity contribution in [1.29, 1.82) is 0 Å². The molecular weight excluding hydrogens is 434 g/mol. The molecule has 1 aromatic heterocycles. The third-order valence-electron chi connectivity index (χ3n) is 5.12. The number of thiophene rings is 1. The number of carbonyl (C=O) groups excluding carboxylic acids is 2. The summed E-state index contributed by atoms with van der Waals surface area (Å²) in [5.41, 5.74) is 8.21. The van der Waals surface area contributed by atoms with Crippen molar-refractivity contribution < 1.29 is 18.0 Å². The summed E-state index contributed by atoms with van der Waals surface area (Å²) in [4.78, 5) is 26.1. The smallest absolute Gasteiger partial charge is 0.256 e. The zero-order chi connectivity index (χ0) is 22.2. The molecule has 3 aromatic rings. The van der Waals surface area contributed by atoms with Crippen LogP contribution >= 0.6 is 11.3 Å². The Hall–Kier alpha value is -3.17. The van der Waals surface area contributed by atoms with Gasteiger partial charge in [0.1, 0.15) is 5.00 Å². The van der Waals surface area contributed by atoms with Gasteiger partial charge in [-0.15, -0.1) is 11.3 Å². The fraction of sp³-hybridized carbons (Fsp3) is 0.182. The predicted octanol–water partition coefficient (Wildman–Crippen LogP) is 3.61. The van der Waals surface area contributed by atoms with Gasteiger partial charge in [-0.2, -0.15) is 0 Å². The van der Waals surface area contributed by atoms with Gasteiger partial charge in [-0.25, -0.2) is 8.42 Å². The van der Waals surface area contributed by atoms with E-state index in [0.29, 0.717) is 34.8 Å². The second-order valence-corrected chi connectivity index (χ2v) is 10.5. The topological polar surface area (TPSA) is 110 Å². The maximum absolute atomic E-state index is 12.9. The van der Waals surface area contributed by atoms with Gasteiger partial charge in [0.15, 0.2) is 0 Å². The first kappa shape index (κ1) is 21.1. The van der Waals surface area contributed by atoms with Crippen LogP contribution in [0.5, 0.6) is 0 Å². The molecule has 0 spiro atoms. The molecule has 0 atom stereocenters. The van der Waals surface area contributed by atoms with Crippen LogP contribution in [-0.2, 0) is 10.0 Å². The molecule has 3 N–H and O–H groups in total. The summed E-state index contributed by atoms with van der Waals surface area (Å²) in [6, 6.07) is 15.8. The lowest BCUT2D eigenvalue weighted by atomic mass is 10.0. The molecule has 9 heteroatoms. The van der Waals surface area contributed by atoms with E-state index in [2.05, 4.69) is 5.32 Å². The quantitative estimate of drug-likeness (QED) is 0.612. The van der Waals surface area contributed by atoms with Crippen LogP contribution in [0.25, 0.3) is 11.1 Å². The molecule has 2 aromatic carbocycles. The number of sulfonamides is 1. The number of hydrogen-bond acceptors (Lipinski definition) is 5. The Morgan fingerprint density at radius 3 is 2.48 bits per heavy atom. The normalized spacial score (nSPS) is 15.1. The summed E-state index contributed by atoms with van der Waals surface area (Å²) in [6.07, 6.45) is 0.553. The minimum absolute atomic E-state index is 0.0993. The minimum atomic E-state index is -3.35. The monoisotopic (exact) mass is 455 g/mol. The molecule has 31 heavy (non-hydrogen) atoms. The van der Waals surface area contributed by atoms with Crippen LogP contribution in [-0.4, -0.2) is 32.5 Å². The first-order chi connectivity index (χ1) is 14.8.